The fraction of sp³-hybridized carbons (Fsp3) is 0.364. The molecule has 1 aromatic rings. The Bertz CT molecular complexity index is 365. The van der Waals surface area contributed by atoms with Gasteiger partial charge in [-0.2, -0.15) is 0 Å². The lowest BCUT2D eigenvalue weighted by atomic mass is 10.1. The second-order valence-corrected chi connectivity index (χ2v) is 4.07. The summed E-state index contributed by atoms with van der Waals surface area (Å²) in [4.78, 5) is 11.8. The highest BCUT2D eigenvalue weighted by Crippen LogP contribution is 2.21. The third-order valence-electron chi connectivity index (χ3n) is 2.56. The van der Waals surface area contributed by atoms with E-state index >= 15 is 0 Å². The average Bonchev–Trinajstić information content (AvgIpc) is 2.74. The van der Waals surface area contributed by atoms with E-state index < -0.39 is 0 Å². The van der Waals surface area contributed by atoms with E-state index in [1.165, 1.54) is 0 Å². The molecular formula is C11H14Cl2N2O. The summed E-state index contributed by atoms with van der Waals surface area (Å²) in [5.74, 6) is 0.120. The highest BCUT2D eigenvalue weighted by Gasteiger charge is 2.22. The fourth-order valence-corrected chi connectivity index (χ4v) is 1.86. The molecule has 1 aliphatic rings. The van der Waals surface area contributed by atoms with E-state index in [4.69, 9.17) is 11.6 Å². The molecule has 16 heavy (non-hydrogen) atoms. The van der Waals surface area contributed by atoms with Gasteiger partial charge in [-0.1, -0.05) is 23.7 Å². The van der Waals surface area contributed by atoms with E-state index in [0.29, 0.717) is 10.7 Å². The summed E-state index contributed by atoms with van der Waals surface area (Å²) in [5, 5.41) is 6.58. The van der Waals surface area contributed by atoms with Crippen LogP contribution in [0.4, 0.5) is 5.69 Å². The van der Waals surface area contributed by atoms with E-state index in [0.717, 1.165) is 19.5 Å². The maximum atomic E-state index is 11.8. The van der Waals surface area contributed by atoms with Crippen molar-refractivity contribution in [3.8, 4) is 0 Å². The number of hydrogen-bond acceptors (Lipinski definition) is 2. The highest BCUT2D eigenvalue weighted by atomic mass is 35.5. The predicted molar refractivity (Wildman–Crippen MR) is 68.3 cm³/mol. The first-order valence-corrected chi connectivity index (χ1v) is 5.41. The Hall–Kier alpha value is -0.770. The van der Waals surface area contributed by atoms with Gasteiger partial charge in [0.2, 0.25) is 5.91 Å². The Kier molecular flexibility index (Phi) is 5.06. The number of rotatable bonds is 2. The van der Waals surface area contributed by atoms with Gasteiger partial charge >= 0.3 is 0 Å². The number of hydrogen-bond donors (Lipinski definition) is 2. The summed E-state index contributed by atoms with van der Waals surface area (Å²) in [7, 11) is 0. The minimum Gasteiger partial charge on any atom is -0.324 e. The lowest BCUT2D eigenvalue weighted by molar-refractivity contribution is -0.119. The number of carbonyl (C=O) groups excluding carboxylic acids is 1. The Morgan fingerprint density at radius 1 is 1.44 bits per heavy atom. The number of amides is 1. The molecule has 0 aliphatic carbocycles. The van der Waals surface area contributed by atoms with Crippen LogP contribution in [0.2, 0.25) is 5.02 Å². The normalized spacial score (nSPS) is 18.9. The molecule has 3 nitrogen and oxygen atoms in total. The number of anilines is 1. The monoisotopic (exact) mass is 260 g/mol. The van der Waals surface area contributed by atoms with Crippen molar-refractivity contribution in [2.24, 2.45) is 5.92 Å². The number of carbonyl (C=O) groups is 1. The van der Waals surface area contributed by atoms with E-state index in [2.05, 4.69) is 10.6 Å². The van der Waals surface area contributed by atoms with Crippen molar-refractivity contribution in [2.75, 3.05) is 18.4 Å². The van der Waals surface area contributed by atoms with Gasteiger partial charge in [0.05, 0.1) is 16.6 Å². The quantitative estimate of drug-likeness (QED) is 0.857. The molecule has 0 radical (unpaired) electrons. The topological polar surface area (TPSA) is 41.1 Å². The molecule has 0 saturated carbocycles. The Morgan fingerprint density at radius 2 is 2.19 bits per heavy atom. The first-order valence-electron chi connectivity index (χ1n) is 5.03. The molecular weight excluding hydrogens is 247 g/mol. The third-order valence-corrected chi connectivity index (χ3v) is 2.89. The zero-order valence-electron chi connectivity index (χ0n) is 8.70. The van der Waals surface area contributed by atoms with Gasteiger partial charge in [-0.25, -0.2) is 0 Å². The van der Waals surface area contributed by atoms with Gasteiger partial charge in [-0.3, -0.25) is 4.79 Å². The maximum absolute atomic E-state index is 11.8. The molecule has 1 saturated heterocycles. The lowest BCUT2D eigenvalue weighted by Crippen LogP contribution is -2.24. The van der Waals surface area contributed by atoms with Gasteiger partial charge in [0.25, 0.3) is 0 Å². The second kappa shape index (κ2) is 6.09. The standard InChI is InChI=1S/C11H13ClN2O.ClH/c12-9-3-1-2-4-10(9)14-11(15)8-5-6-13-7-8;/h1-4,8,13H,5-7H2,(H,14,15);1H. The number of benzene rings is 1. The van der Waals surface area contributed by atoms with Crippen molar-refractivity contribution in [2.45, 2.75) is 6.42 Å². The Morgan fingerprint density at radius 3 is 2.81 bits per heavy atom. The highest BCUT2D eigenvalue weighted by molar-refractivity contribution is 6.33. The largest absolute Gasteiger partial charge is 0.324 e. The molecule has 1 fully saturated rings. The first-order chi connectivity index (χ1) is 7.27. The zero-order valence-corrected chi connectivity index (χ0v) is 10.3. The van der Waals surface area contributed by atoms with Crippen molar-refractivity contribution >= 4 is 35.6 Å². The Balaban J connectivity index is 0.00000128. The van der Waals surface area contributed by atoms with Crippen LogP contribution in [0.3, 0.4) is 0 Å². The summed E-state index contributed by atoms with van der Waals surface area (Å²) in [6, 6.07) is 7.27. The van der Waals surface area contributed by atoms with Gasteiger partial charge in [0.15, 0.2) is 0 Å². The van der Waals surface area contributed by atoms with Gasteiger partial charge in [-0.05, 0) is 25.1 Å². The second-order valence-electron chi connectivity index (χ2n) is 3.66. The number of halogens is 2. The summed E-state index contributed by atoms with van der Waals surface area (Å²) >= 11 is 5.94. The van der Waals surface area contributed by atoms with Crippen LogP contribution < -0.4 is 10.6 Å². The molecule has 1 aliphatic heterocycles. The average molecular weight is 261 g/mol. The molecule has 2 N–H and O–H groups in total. The first kappa shape index (κ1) is 13.3. The molecule has 0 aromatic heterocycles. The van der Waals surface area contributed by atoms with Crippen molar-refractivity contribution in [1.29, 1.82) is 0 Å². The molecule has 1 atom stereocenters. The Labute approximate surface area is 106 Å². The maximum Gasteiger partial charge on any atom is 0.228 e. The summed E-state index contributed by atoms with van der Waals surface area (Å²) in [6.07, 6.45) is 0.899. The predicted octanol–water partition coefficient (Wildman–Crippen LogP) is 2.31. The van der Waals surface area contributed by atoms with Crippen LogP contribution in [0.1, 0.15) is 6.42 Å². The summed E-state index contributed by atoms with van der Waals surface area (Å²) in [6.45, 7) is 1.68. The third kappa shape index (κ3) is 3.11. The van der Waals surface area contributed by atoms with Crippen LogP contribution in [0.5, 0.6) is 0 Å². The minimum atomic E-state index is 0. The molecule has 5 heteroatoms. The molecule has 0 bridgehead atoms. The SMILES string of the molecule is Cl.O=C(Nc1ccccc1Cl)C1CCNC1. The van der Waals surface area contributed by atoms with Crippen molar-refractivity contribution in [3.05, 3.63) is 29.3 Å². The van der Waals surface area contributed by atoms with Gasteiger partial charge in [0, 0.05) is 6.54 Å². The van der Waals surface area contributed by atoms with Crippen LogP contribution in [-0.4, -0.2) is 19.0 Å². The fourth-order valence-electron chi connectivity index (χ4n) is 1.68. The zero-order chi connectivity index (χ0) is 10.7. The van der Waals surface area contributed by atoms with E-state index in [1.807, 2.05) is 18.2 Å². The molecule has 0 spiro atoms. The van der Waals surface area contributed by atoms with Crippen LogP contribution in [0.15, 0.2) is 24.3 Å². The van der Waals surface area contributed by atoms with Crippen molar-refractivity contribution < 1.29 is 4.79 Å². The van der Waals surface area contributed by atoms with Crippen LogP contribution in [-0.2, 0) is 4.79 Å². The molecule has 1 aromatic carbocycles. The van der Waals surface area contributed by atoms with E-state index in [-0.39, 0.29) is 24.2 Å². The summed E-state index contributed by atoms with van der Waals surface area (Å²) < 4.78 is 0. The van der Waals surface area contributed by atoms with Crippen LogP contribution in [0.25, 0.3) is 0 Å². The molecule has 2 rings (SSSR count). The van der Waals surface area contributed by atoms with Crippen molar-refractivity contribution in [3.63, 3.8) is 0 Å². The number of para-hydroxylation sites is 1. The molecule has 1 heterocycles. The van der Waals surface area contributed by atoms with Crippen molar-refractivity contribution in [1.82, 2.24) is 5.32 Å². The van der Waals surface area contributed by atoms with Crippen LogP contribution in [0, 0.1) is 5.92 Å². The van der Waals surface area contributed by atoms with Crippen LogP contribution >= 0.6 is 24.0 Å². The molecule has 88 valence electrons. The number of nitrogens with one attached hydrogen (secondary N) is 2. The minimum absolute atomic E-state index is 0. The van der Waals surface area contributed by atoms with E-state index in [1.54, 1.807) is 6.07 Å². The molecule has 1 unspecified atom stereocenters. The van der Waals surface area contributed by atoms with Gasteiger partial charge in [-0.15, -0.1) is 12.4 Å². The van der Waals surface area contributed by atoms with E-state index in [9.17, 15) is 4.79 Å². The lowest BCUT2D eigenvalue weighted by Gasteiger charge is -2.10. The van der Waals surface area contributed by atoms with Gasteiger partial charge in [0.1, 0.15) is 0 Å². The smallest absolute Gasteiger partial charge is 0.228 e. The summed E-state index contributed by atoms with van der Waals surface area (Å²) in [5.41, 5.74) is 0.691. The molecule has 1 amide bonds. The van der Waals surface area contributed by atoms with Gasteiger partial charge < -0.3 is 10.6 Å².